The average molecular weight is 388 g/mol. The fourth-order valence-corrected chi connectivity index (χ4v) is 3.02. The summed E-state index contributed by atoms with van der Waals surface area (Å²) in [6, 6.07) is 16.1. The number of hydrogen-bond acceptors (Lipinski definition) is 5. The molecule has 0 saturated heterocycles. The molecule has 0 spiro atoms. The Balaban J connectivity index is 1.93. The molecule has 1 aromatic heterocycles. The van der Waals surface area contributed by atoms with Gasteiger partial charge < -0.3 is 18.8 Å². The normalized spacial score (nSPS) is 10.7. The van der Waals surface area contributed by atoms with E-state index in [9.17, 15) is 0 Å². The second kappa shape index (κ2) is 8.47. The fraction of sp³-hybridized carbons (Fsp3) is 0.250. The molecule has 0 amide bonds. The number of hydrogen-bond donors (Lipinski definition) is 0. The number of rotatable bonds is 6. The van der Waals surface area contributed by atoms with E-state index in [4.69, 9.17) is 26.4 Å². The third kappa shape index (κ3) is 3.97. The Labute approximate surface area is 163 Å². The summed E-state index contributed by atoms with van der Waals surface area (Å²) in [5.74, 6) is 1.45. The summed E-state index contributed by atoms with van der Waals surface area (Å²) in [5, 5.41) is 0.997. The van der Waals surface area contributed by atoms with Gasteiger partial charge in [-0.3, -0.25) is 0 Å². The first kappa shape index (κ1) is 18.6. The van der Waals surface area contributed by atoms with Gasteiger partial charge in [-0.05, 0) is 42.2 Å². The molecule has 6 heteroatoms. The number of aromatic nitrogens is 1. The zero-order chi connectivity index (χ0) is 18.5. The molecule has 0 aliphatic carbocycles. The lowest BCUT2D eigenvalue weighted by Crippen LogP contribution is -2.02. The van der Waals surface area contributed by atoms with E-state index in [0.29, 0.717) is 23.3 Å². The molecule has 0 bridgehead atoms. The van der Waals surface area contributed by atoms with Gasteiger partial charge in [0.05, 0.1) is 18.3 Å². The summed E-state index contributed by atoms with van der Waals surface area (Å²) < 4.78 is 19.9. The standard InChI is InChI=1S/C20H21NO3S2/c1-21-15(13-24-20(25)26-3)11-16-17(21)9-10-18(22-2)19(16)23-12-14-7-5-4-6-8-14/h4-11H,12-13H2,1-3H3. The summed E-state index contributed by atoms with van der Waals surface area (Å²) in [7, 11) is 3.66. The molecule has 26 heavy (non-hydrogen) atoms. The zero-order valence-corrected chi connectivity index (χ0v) is 16.7. The van der Waals surface area contributed by atoms with E-state index in [2.05, 4.69) is 10.6 Å². The van der Waals surface area contributed by atoms with Crippen molar-refractivity contribution in [3.05, 3.63) is 59.8 Å². The number of ether oxygens (including phenoxy) is 3. The molecular weight excluding hydrogens is 366 g/mol. The molecule has 0 N–H and O–H groups in total. The molecule has 0 aliphatic rings. The predicted octanol–water partition coefficient (Wildman–Crippen LogP) is 4.93. The number of thioether (sulfide) groups is 1. The predicted molar refractivity (Wildman–Crippen MR) is 111 cm³/mol. The highest BCUT2D eigenvalue weighted by molar-refractivity contribution is 8.22. The van der Waals surface area contributed by atoms with Crippen molar-refractivity contribution in [1.82, 2.24) is 4.57 Å². The Morgan fingerprint density at radius 2 is 1.88 bits per heavy atom. The zero-order valence-electron chi connectivity index (χ0n) is 15.0. The highest BCUT2D eigenvalue weighted by atomic mass is 32.2. The number of methoxy groups -OCH3 is 1. The van der Waals surface area contributed by atoms with Crippen molar-refractivity contribution in [1.29, 1.82) is 0 Å². The van der Waals surface area contributed by atoms with Crippen molar-refractivity contribution in [3.63, 3.8) is 0 Å². The van der Waals surface area contributed by atoms with Gasteiger partial charge in [0, 0.05) is 12.4 Å². The van der Waals surface area contributed by atoms with Gasteiger partial charge >= 0.3 is 0 Å². The van der Waals surface area contributed by atoms with Crippen LogP contribution in [-0.2, 0) is 25.0 Å². The van der Waals surface area contributed by atoms with Crippen LogP contribution in [0.4, 0.5) is 0 Å². The SMILES string of the molecule is COc1ccc2c(cc(COC(=S)SC)n2C)c1OCc1ccccc1. The van der Waals surface area contributed by atoms with Crippen LogP contribution in [-0.4, -0.2) is 22.3 Å². The first-order valence-corrected chi connectivity index (χ1v) is 9.80. The summed E-state index contributed by atoms with van der Waals surface area (Å²) in [6.45, 7) is 0.902. The average Bonchev–Trinajstić information content (AvgIpc) is 3.01. The van der Waals surface area contributed by atoms with Gasteiger partial charge in [0.15, 0.2) is 11.5 Å². The third-order valence-corrected chi connectivity index (χ3v) is 5.26. The van der Waals surface area contributed by atoms with Crippen LogP contribution in [0, 0.1) is 0 Å². The van der Waals surface area contributed by atoms with Crippen LogP contribution in [0.3, 0.4) is 0 Å². The van der Waals surface area contributed by atoms with E-state index in [1.165, 1.54) is 11.8 Å². The van der Waals surface area contributed by atoms with Crippen molar-refractivity contribution < 1.29 is 14.2 Å². The van der Waals surface area contributed by atoms with E-state index in [0.717, 1.165) is 27.9 Å². The van der Waals surface area contributed by atoms with E-state index in [1.807, 2.05) is 55.8 Å². The Morgan fingerprint density at radius 1 is 1.12 bits per heavy atom. The highest BCUT2D eigenvalue weighted by Gasteiger charge is 2.16. The van der Waals surface area contributed by atoms with Crippen LogP contribution in [0.15, 0.2) is 48.5 Å². The van der Waals surface area contributed by atoms with Gasteiger partial charge in [0.1, 0.15) is 13.2 Å². The van der Waals surface area contributed by atoms with Crippen molar-refractivity contribution in [2.45, 2.75) is 13.2 Å². The lowest BCUT2D eigenvalue weighted by Gasteiger charge is -2.12. The van der Waals surface area contributed by atoms with Crippen molar-refractivity contribution in [2.75, 3.05) is 13.4 Å². The molecule has 136 valence electrons. The monoisotopic (exact) mass is 387 g/mol. The Morgan fingerprint density at radius 3 is 2.58 bits per heavy atom. The molecule has 1 heterocycles. The maximum Gasteiger partial charge on any atom is 0.220 e. The van der Waals surface area contributed by atoms with Crippen LogP contribution in [0.2, 0.25) is 0 Å². The van der Waals surface area contributed by atoms with Gasteiger partial charge in [-0.1, -0.05) is 42.1 Å². The molecule has 0 aliphatic heterocycles. The summed E-state index contributed by atoms with van der Waals surface area (Å²) in [4.78, 5) is 0. The number of aryl methyl sites for hydroxylation is 1. The minimum absolute atomic E-state index is 0.422. The van der Waals surface area contributed by atoms with E-state index in [1.54, 1.807) is 7.11 Å². The van der Waals surface area contributed by atoms with Gasteiger partial charge in [-0.15, -0.1) is 0 Å². The number of benzene rings is 2. The van der Waals surface area contributed by atoms with Gasteiger partial charge in [-0.2, -0.15) is 0 Å². The highest BCUT2D eigenvalue weighted by Crippen LogP contribution is 2.37. The van der Waals surface area contributed by atoms with Crippen molar-refractivity contribution in [2.24, 2.45) is 7.05 Å². The second-order valence-corrected chi connectivity index (χ2v) is 7.15. The molecule has 2 aromatic carbocycles. The first-order chi connectivity index (χ1) is 12.6. The largest absolute Gasteiger partial charge is 0.493 e. The fourth-order valence-electron chi connectivity index (χ4n) is 2.79. The number of nitrogens with zero attached hydrogens (tertiary/aromatic N) is 1. The van der Waals surface area contributed by atoms with Gasteiger partial charge in [0.25, 0.3) is 0 Å². The second-order valence-electron chi connectivity index (χ2n) is 5.74. The van der Waals surface area contributed by atoms with Crippen LogP contribution < -0.4 is 9.47 Å². The third-order valence-electron chi connectivity index (χ3n) is 4.19. The molecule has 0 unspecified atom stereocenters. The van der Waals surface area contributed by atoms with Gasteiger partial charge in [-0.25, -0.2) is 0 Å². The quantitative estimate of drug-likeness (QED) is 0.560. The Bertz CT molecular complexity index is 906. The number of thiocarbonyl (C=S) groups is 1. The minimum atomic E-state index is 0.422. The number of fused-ring (bicyclic) bond motifs is 1. The molecule has 0 fully saturated rings. The van der Waals surface area contributed by atoms with Crippen LogP contribution in [0.1, 0.15) is 11.3 Å². The lowest BCUT2D eigenvalue weighted by atomic mass is 10.2. The molecule has 3 rings (SSSR count). The van der Waals surface area contributed by atoms with E-state index < -0.39 is 0 Å². The summed E-state index contributed by atoms with van der Waals surface area (Å²) >= 11 is 6.55. The maximum atomic E-state index is 6.13. The maximum absolute atomic E-state index is 6.13. The van der Waals surface area contributed by atoms with Crippen LogP contribution in [0.25, 0.3) is 10.9 Å². The van der Waals surface area contributed by atoms with Crippen LogP contribution in [0.5, 0.6) is 11.5 Å². The molecule has 3 aromatic rings. The molecular formula is C20H21NO3S2. The molecule has 0 saturated carbocycles. The van der Waals surface area contributed by atoms with Crippen LogP contribution >= 0.6 is 24.0 Å². The smallest absolute Gasteiger partial charge is 0.220 e. The molecule has 0 radical (unpaired) electrons. The molecule has 4 nitrogen and oxygen atoms in total. The van der Waals surface area contributed by atoms with E-state index >= 15 is 0 Å². The first-order valence-electron chi connectivity index (χ1n) is 8.16. The Kier molecular flexibility index (Phi) is 6.06. The lowest BCUT2D eigenvalue weighted by molar-refractivity contribution is 0.288. The topological polar surface area (TPSA) is 32.6 Å². The summed E-state index contributed by atoms with van der Waals surface area (Å²) in [5.41, 5.74) is 3.19. The minimum Gasteiger partial charge on any atom is -0.493 e. The van der Waals surface area contributed by atoms with Crippen molar-refractivity contribution in [3.8, 4) is 11.5 Å². The van der Waals surface area contributed by atoms with E-state index in [-0.39, 0.29) is 0 Å². The molecule has 0 atom stereocenters. The summed E-state index contributed by atoms with van der Waals surface area (Å²) in [6.07, 6.45) is 1.91. The van der Waals surface area contributed by atoms with Gasteiger partial charge in [0.2, 0.25) is 4.38 Å². The Hall–Kier alpha value is -2.18. The van der Waals surface area contributed by atoms with Crippen molar-refractivity contribution >= 4 is 39.3 Å².